The van der Waals surface area contributed by atoms with E-state index in [9.17, 15) is 18.0 Å². The van der Waals surface area contributed by atoms with Crippen LogP contribution in [0.3, 0.4) is 0 Å². The molecule has 0 radical (unpaired) electrons. The number of carbonyl (C=O) groups is 2. The van der Waals surface area contributed by atoms with Crippen LogP contribution in [0, 0.1) is 26.7 Å². The molecule has 9 heteroatoms. The number of hydrogen-bond donors (Lipinski definition) is 1. The van der Waals surface area contributed by atoms with Crippen molar-refractivity contribution in [1.29, 1.82) is 0 Å². The molecule has 1 N–H and O–H groups in total. The molecule has 0 aliphatic carbocycles. The van der Waals surface area contributed by atoms with Gasteiger partial charge in [0.1, 0.15) is 12.6 Å². The van der Waals surface area contributed by atoms with Crippen molar-refractivity contribution >= 4 is 39.1 Å². The number of hydrogen-bond acceptors (Lipinski definition) is 4. The molecular formula is C32H40ClN3O4S. The molecular weight excluding hydrogens is 558 g/mol. The monoisotopic (exact) mass is 597 g/mol. The number of amides is 2. The van der Waals surface area contributed by atoms with Gasteiger partial charge in [-0.15, -0.1) is 0 Å². The standard InChI is InChI=1S/C32H40ClN3O4S/c1-7-29(32(38)34-19-22(2)3)35(20-26-11-8-10-24(5)18-26)31(37)21-36(30-13-9-12-28(33)25(30)6)41(39,40)27-16-14-23(4)15-17-27/h8-18,22,29H,7,19-21H2,1-6H3,(H,34,38)/t29-/m1/s1. The predicted octanol–water partition coefficient (Wildman–Crippen LogP) is 6.04. The second-order valence-electron chi connectivity index (χ2n) is 10.8. The second-order valence-corrected chi connectivity index (χ2v) is 13.1. The van der Waals surface area contributed by atoms with Crippen LogP contribution < -0.4 is 9.62 Å². The molecule has 0 aromatic heterocycles. The number of carbonyl (C=O) groups excluding carboxylic acids is 2. The zero-order valence-corrected chi connectivity index (χ0v) is 26.2. The highest BCUT2D eigenvalue weighted by atomic mass is 35.5. The van der Waals surface area contributed by atoms with Gasteiger partial charge in [0.2, 0.25) is 11.8 Å². The fraction of sp³-hybridized carbons (Fsp3) is 0.375. The molecule has 41 heavy (non-hydrogen) atoms. The molecule has 0 fully saturated rings. The zero-order valence-electron chi connectivity index (χ0n) is 24.6. The van der Waals surface area contributed by atoms with Crippen molar-refractivity contribution in [2.75, 3.05) is 17.4 Å². The predicted molar refractivity (Wildman–Crippen MR) is 166 cm³/mol. The first-order chi connectivity index (χ1) is 19.3. The van der Waals surface area contributed by atoms with Gasteiger partial charge in [-0.05, 0) is 68.5 Å². The average molecular weight is 598 g/mol. The summed E-state index contributed by atoms with van der Waals surface area (Å²) < 4.78 is 29.2. The van der Waals surface area contributed by atoms with Crippen LogP contribution in [0.15, 0.2) is 71.6 Å². The summed E-state index contributed by atoms with van der Waals surface area (Å²) in [4.78, 5) is 29.1. The summed E-state index contributed by atoms with van der Waals surface area (Å²) in [7, 11) is -4.17. The maximum atomic E-state index is 14.2. The number of nitrogens with zero attached hydrogens (tertiary/aromatic N) is 2. The van der Waals surface area contributed by atoms with Crippen LogP contribution in [-0.4, -0.2) is 44.3 Å². The molecule has 0 unspecified atom stereocenters. The van der Waals surface area contributed by atoms with Crippen LogP contribution in [0.25, 0.3) is 0 Å². The van der Waals surface area contributed by atoms with Gasteiger partial charge >= 0.3 is 0 Å². The lowest BCUT2D eigenvalue weighted by molar-refractivity contribution is -0.140. The van der Waals surface area contributed by atoms with Gasteiger partial charge in [-0.2, -0.15) is 0 Å². The summed E-state index contributed by atoms with van der Waals surface area (Å²) in [5.74, 6) is -0.527. The highest BCUT2D eigenvalue weighted by molar-refractivity contribution is 7.92. The second kappa shape index (κ2) is 14.0. The van der Waals surface area contributed by atoms with Gasteiger partial charge in [0.05, 0.1) is 10.6 Å². The van der Waals surface area contributed by atoms with E-state index in [1.54, 1.807) is 37.3 Å². The molecule has 0 saturated carbocycles. The van der Waals surface area contributed by atoms with E-state index < -0.39 is 28.5 Å². The lowest BCUT2D eigenvalue weighted by Gasteiger charge is -2.34. The van der Waals surface area contributed by atoms with Crippen molar-refractivity contribution in [2.24, 2.45) is 5.92 Å². The highest BCUT2D eigenvalue weighted by Gasteiger charge is 2.34. The summed E-state index contributed by atoms with van der Waals surface area (Å²) in [6.45, 7) is 11.5. The van der Waals surface area contributed by atoms with Crippen LogP contribution in [0.5, 0.6) is 0 Å². The third kappa shape index (κ3) is 8.11. The fourth-order valence-electron chi connectivity index (χ4n) is 4.57. The number of aryl methyl sites for hydroxylation is 2. The van der Waals surface area contributed by atoms with Crippen molar-refractivity contribution in [2.45, 2.75) is 65.4 Å². The van der Waals surface area contributed by atoms with Gasteiger partial charge in [0, 0.05) is 18.1 Å². The van der Waals surface area contributed by atoms with E-state index in [0.717, 1.165) is 21.0 Å². The van der Waals surface area contributed by atoms with Crippen LogP contribution in [0.4, 0.5) is 5.69 Å². The van der Waals surface area contributed by atoms with Crippen molar-refractivity contribution in [3.05, 3.63) is 94.0 Å². The Morgan fingerprint density at radius 1 is 0.927 bits per heavy atom. The van der Waals surface area contributed by atoms with Crippen molar-refractivity contribution < 1.29 is 18.0 Å². The Morgan fingerprint density at radius 3 is 2.20 bits per heavy atom. The van der Waals surface area contributed by atoms with Crippen LogP contribution in [0.1, 0.15) is 49.4 Å². The van der Waals surface area contributed by atoms with Gasteiger partial charge in [-0.1, -0.05) is 86.0 Å². The maximum absolute atomic E-state index is 14.2. The first-order valence-electron chi connectivity index (χ1n) is 13.8. The summed E-state index contributed by atoms with van der Waals surface area (Å²) in [6, 6.07) is 18.4. The molecule has 0 bridgehead atoms. The first kappa shape index (κ1) is 32.2. The third-order valence-corrected chi connectivity index (χ3v) is 9.08. The molecule has 0 aliphatic heterocycles. The minimum absolute atomic E-state index is 0.0576. The SMILES string of the molecule is CC[C@H](C(=O)NCC(C)C)N(Cc1cccc(C)c1)C(=O)CN(c1cccc(Cl)c1C)S(=O)(=O)c1ccc(C)cc1. The van der Waals surface area contributed by atoms with E-state index in [1.165, 1.54) is 17.0 Å². The summed E-state index contributed by atoms with van der Waals surface area (Å²) in [5, 5.41) is 3.33. The summed E-state index contributed by atoms with van der Waals surface area (Å²) in [6.07, 6.45) is 0.363. The molecule has 0 saturated heterocycles. The average Bonchev–Trinajstić information content (AvgIpc) is 2.92. The number of halogens is 1. The van der Waals surface area contributed by atoms with Crippen LogP contribution in [0.2, 0.25) is 5.02 Å². The number of nitrogens with one attached hydrogen (secondary N) is 1. The summed E-state index contributed by atoms with van der Waals surface area (Å²) >= 11 is 6.40. The van der Waals surface area contributed by atoms with Crippen LogP contribution >= 0.6 is 11.6 Å². The molecule has 220 valence electrons. The van der Waals surface area contributed by atoms with E-state index in [1.807, 2.05) is 58.9 Å². The molecule has 1 atom stereocenters. The van der Waals surface area contributed by atoms with E-state index in [2.05, 4.69) is 5.32 Å². The number of anilines is 1. The lowest BCUT2D eigenvalue weighted by Crippen LogP contribution is -2.52. The minimum Gasteiger partial charge on any atom is -0.354 e. The number of rotatable bonds is 12. The normalized spacial score (nSPS) is 12.2. The van der Waals surface area contributed by atoms with E-state index in [-0.39, 0.29) is 23.3 Å². The van der Waals surface area contributed by atoms with Crippen molar-refractivity contribution in [1.82, 2.24) is 10.2 Å². The number of sulfonamides is 1. The molecule has 3 aromatic carbocycles. The van der Waals surface area contributed by atoms with E-state index in [4.69, 9.17) is 11.6 Å². The topological polar surface area (TPSA) is 86.8 Å². The molecule has 0 heterocycles. The Hall–Kier alpha value is -3.36. The third-order valence-electron chi connectivity index (χ3n) is 6.90. The van der Waals surface area contributed by atoms with Gasteiger partial charge in [-0.3, -0.25) is 13.9 Å². The number of benzene rings is 3. The maximum Gasteiger partial charge on any atom is 0.264 e. The van der Waals surface area contributed by atoms with E-state index in [0.29, 0.717) is 29.2 Å². The molecule has 7 nitrogen and oxygen atoms in total. The Balaban J connectivity index is 2.09. The van der Waals surface area contributed by atoms with E-state index >= 15 is 0 Å². The largest absolute Gasteiger partial charge is 0.354 e. The minimum atomic E-state index is -4.17. The molecule has 3 aromatic rings. The van der Waals surface area contributed by atoms with Crippen molar-refractivity contribution in [3.63, 3.8) is 0 Å². The molecule has 2 amide bonds. The molecule has 0 spiro atoms. The lowest BCUT2D eigenvalue weighted by atomic mass is 10.1. The molecule has 0 aliphatic rings. The summed E-state index contributed by atoms with van der Waals surface area (Å²) in [5.41, 5.74) is 3.61. The van der Waals surface area contributed by atoms with Gasteiger partial charge in [0.25, 0.3) is 10.0 Å². The Bertz CT molecular complexity index is 1470. The molecule has 3 rings (SSSR count). The van der Waals surface area contributed by atoms with Gasteiger partial charge in [0.15, 0.2) is 0 Å². The smallest absolute Gasteiger partial charge is 0.264 e. The fourth-order valence-corrected chi connectivity index (χ4v) is 6.21. The van der Waals surface area contributed by atoms with Crippen LogP contribution in [-0.2, 0) is 26.2 Å². The van der Waals surface area contributed by atoms with Gasteiger partial charge in [-0.25, -0.2) is 8.42 Å². The first-order valence-corrected chi connectivity index (χ1v) is 15.6. The van der Waals surface area contributed by atoms with Crippen molar-refractivity contribution in [3.8, 4) is 0 Å². The Kier molecular flexibility index (Phi) is 11.0. The zero-order chi connectivity index (χ0) is 30.3. The Labute approximate surface area is 249 Å². The highest BCUT2D eigenvalue weighted by Crippen LogP contribution is 2.31. The van der Waals surface area contributed by atoms with Gasteiger partial charge < -0.3 is 10.2 Å². The quantitative estimate of drug-likeness (QED) is 0.276. The Morgan fingerprint density at radius 2 is 1.59 bits per heavy atom.